The molecule has 0 spiro atoms. The predicted octanol–water partition coefficient (Wildman–Crippen LogP) is 1.64. The first kappa shape index (κ1) is 11.4. The number of carbonyl (C=O) groups is 1. The van der Waals surface area contributed by atoms with Crippen molar-refractivity contribution in [2.45, 2.75) is 31.8 Å². The maximum Gasteiger partial charge on any atom is 0.241 e. The van der Waals surface area contributed by atoms with Crippen LogP contribution in [-0.2, 0) is 10.2 Å². The number of anilines is 1. The molecule has 0 saturated carbocycles. The quantitative estimate of drug-likeness (QED) is 0.819. The van der Waals surface area contributed by atoms with Gasteiger partial charge in [0, 0.05) is 11.1 Å². The number of fused-ring (bicyclic) bond motifs is 3. The van der Waals surface area contributed by atoms with Crippen molar-refractivity contribution < 1.29 is 9.53 Å². The minimum Gasteiger partial charge on any atom is -0.497 e. The number of hydrogen-bond acceptors (Lipinski definition) is 3. The Morgan fingerprint density at radius 2 is 2.06 bits per heavy atom. The fourth-order valence-electron chi connectivity index (χ4n) is 3.14. The minimum absolute atomic E-state index is 0.0899. The van der Waals surface area contributed by atoms with E-state index in [-0.39, 0.29) is 17.0 Å². The second kappa shape index (κ2) is 3.19. The molecule has 18 heavy (non-hydrogen) atoms. The summed E-state index contributed by atoms with van der Waals surface area (Å²) in [5.41, 5.74) is 1.85. The Kier molecular flexibility index (Phi) is 2.02. The molecule has 1 saturated heterocycles. The third kappa shape index (κ3) is 1.13. The minimum atomic E-state index is -0.348. The first-order valence-corrected chi connectivity index (χ1v) is 6.17. The lowest BCUT2D eigenvalue weighted by Crippen LogP contribution is -2.57. The molecule has 0 aromatic heterocycles. The van der Waals surface area contributed by atoms with Gasteiger partial charge in [-0.1, -0.05) is 13.8 Å². The molecule has 1 unspecified atom stereocenters. The van der Waals surface area contributed by atoms with Crippen LogP contribution in [0.4, 0.5) is 5.69 Å². The van der Waals surface area contributed by atoms with Gasteiger partial charge in [0.2, 0.25) is 5.91 Å². The highest BCUT2D eigenvalue weighted by molar-refractivity contribution is 5.90. The highest BCUT2D eigenvalue weighted by atomic mass is 16.5. The van der Waals surface area contributed by atoms with Gasteiger partial charge in [0.05, 0.1) is 13.7 Å². The molecule has 2 heterocycles. The van der Waals surface area contributed by atoms with Gasteiger partial charge in [0.25, 0.3) is 0 Å². The molecule has 1 atom stereocenters. The van der Waals surface area contributed by atoms with Crippen molar-refractivity contribution in [2.24, 2.45) is 0 Å². The van der Waals surface area contributed by atoms with E-state index >= 15 is 0 Å². The molecule has 0 radical (unpaired) electrons. The lowest BCUT2D eigenvalue weighted by atomic mass is 9.77. The molecule has 4 heteroatoms. The summed E-state index contributed by atoms with van der Waals surface area (Å²) >= 11 is 0. The van der Waals surface area contributed by atoms with Gasteiger partial charge >= 0.3 is 0 Å². The SMILES string of the molecule is COc1ccc2c(c1)C(C)(C)C1(C)NC(=O)CN21. The van der Waals surface area contributed by atoms with E-state index in [0.29, 0.717) is 6.54 Å². The van der Waals surface area contributed by atoms with Gasteiger partial charge in [-0.3, -0.25) is 4.79 Å². The van der Waals surface area contributed by atoms with Crippen LogP contribution in [0.1, 0.15) is 26.3 Å². The summed E-state index contributed by atoms with van der Waals surface area (Å²) in [7, 11) is 1.67. The number of hydrogen-bond donors (Lipinski definition) is 1. The first-order chi connectivity index (χ1) is 8.40. The van der Waals surface area contributed by atoms with Crippen LogP contribution >= 0.6 is 0 Å². The van der Waals surface area contributed by atoms with E-state index in [9.17, 15) is 4.79 Å². The third-order valence-electron chi connectivity index (χ3n) is 4.61. The average Bonchev–Trinajstić information content (AvgIpc) is 2.71. The standard InChI is InChI=1S/C14H18N2O2/c1-13(2)10-7-9(18-4)5-6-11(10)16-8-12(17)15-14(13,16)3/h5-7H,8H2,1-4H3,(H,15,17). The highest BCUT2D eigenvalue weighted by Crippen LogP contribution is 2.52. The van der Waals surface area contributed by atoms with Gasteiger partial charge < -0.3 is 15.0 Å². The van der Waals surface area contributed by atoms with Crippen molar-refractivity contribution in [3.05, 3.63) is 23.8 Å². The van der Waals surface area contributed by atoms with Crippen molar-refractivity contribution in [1.29, 1.82) is 0 Å². The van der Waals surface area contributed by atoms with E-state index in [0.717, 1.165) is 11.4 Å². The molecule has 1 fully saturated rings. The molecule has 1 N–H and O–H groups in total. The van der Waals surface area contributed by atoms with Crippen LogP contribution < -0.4 is 15.0 Å². The van der Waals surface area contributed by atoms with Gasteiger partial charge in [-0.05, 0) is 30.7 Å². The molecule has 4 nitrogen and oxygen atoms in total. The van der Waals surface area contributed by atoms with Crippen LogP contribution in [0.2, 0.25) is 0 Å². The summed E-state index contributed by atoms with van der Waals surface area (Å²) in [6.07, 6.45) is 0. The number of ether oxygens (including phenoxy) is 1. The smallest absolute Gasteiger partial charge is 0.241 e. The summed E-state index contributed by atoms with van der Waals surface area (Å²) in [5, 5.41) is 3.11. The summed E-state index contributed by atoms with van der Waals surface area (Å²) in [5.74, 6) is 0.949. The molecule has 2 aliphatic rings. The Hall–Kier alpha value is -1.71. The lowest BCUT2D eigenvalue weighted by molar-refractivity contribution is -0.119. The maximum atomic E-state index is 11.7. The Bertz CT molecular complexity index is 539. The summed E-state index contributed by atoms with van der Waals surface area (Å²) in [6, 6.07) is 6.07. The molecule has 0 bridgehead atoms. The van der Waals surface area contributed by atoms with Gasteiger partial charge in [-0.2, -0.15) is 0 Å². The molecule has 1 aromatic rings. The number of amides is 1. The third-order valence-corrected chi connectivity index (χ3v) is 4.61. The molecule has 1 amide bonds. The maximum absolute atomic E-state index is 11.7. The van der Waals surface area contributed by atoms with Crippen molar-refractivity contribution >= 4 is 11.6 Å². The second-order valence-corrected chi connectivity index (χ2v) is 5.71. The molecule has 3 rings (SSSR count). The van der Waals surface area contributed by atoms with Crippen molar-refractivity contribution in [3.63, 3.8) is 0 Å². The molecular weight excluding hydrogens is 228 g/mol. The van der Waals surface area contributed by atoms with Crippen LogP contribution in [0.5, 0.6) is 5.75 Å². The second-order valence-electron chi connectivity index (χ2n) is 5.71. The number of rotatable bonds is 1. The number of methoxy groups -OCH3 is 1. The molecule has 96 valence electrons. The molecule has 1 aromatic carbocycles. The Labute approximate surface area is 107 Å². The van der Waals surface area contributed by atoms with Gasteiger partial charge in [-0.15, -0.1) is 0 Å². The normalized spacial score (nSPS) is 27.8. The van der Waals surface area contributed by atoms with E-state index in [1.165, 1.54) is 5.56 Å². The van der Waals surface area contributed by atoms with Crippen LogP contribution in [-0.4, -0.2) is 25.2 Å². The van der Waals surface area contributed by atoms with Crippen LogP contribution in [0.15, 0.2) is 18.2 Å². The largest absolute Gasteiger partial charge is 0.497 e. The van der Waals surface area contributed by atoms with E-state index in [4.69, 9.17) is 4.74 Å². The van der Waals surface area contributed by atoms with Crippen LogP contribution in [0.25, 0.3) is 0 Å². The van der Waals surface area contributed by atoms with Crippen LogP contribution in [0, 0.1) is 0 Å². The zero-order valence-electron chi connectivity index (χ0n) is 11.2. The molecule has 0 aliphatic carbocycles. The van der Waals surface area contributed by atoms with Crippen molar-refractivity contribution in [2.75, 3.05) is 18.6 Å². The Balaban J connectivity index is 2.21. The molecule has 2 aliphatic heterocycles. The Morgan fingerprint density at radius 3 is 2.72 bits per heavy atom. The number of nitrogens with one attached hydrogen (secondary N) is 1. The monoisotopic (exact) mass is 246 g/mol. The lowest BCUT2D eigenvalue weighted by Gasteiger charge is -2.39. The number of carbonyl (C=O) groups excluding carboxylic acids is 1. The summed E-state index contributed by atoms with van der Waals surface area (Å²) in [6.45, 7) is 6.84. The van der Waals surface area contributed by atoms with E-state index in [2.05, 4.69) is 37.1 Å². The number of nitrogens with zero attached hydrogens (tertiary/aromatic N) is 1. The predicted molar refractivity (Wildman–Crippen MR) is 69.9 cm³/mol. The first-order valence-electron chi connectivity index (χ1n) is 6.17. The highest BCUT2D eigenvalue weighted by Gasteiger charge is 2.58. The molecular formula is C14H18N2O2. The van der Waals surface area contributed by atoms with Gasteiger partial charge in [0.15, 0.2) is 0 Å². The number of benzene rings is 1. The van der Waals surface area contributed by atoms with E-state index < -0.39 is 0 Å². The topological polar surface area (TPSA) is 41.6 Å². The summed E-state index contributed by atoms with van der Waals surface area (Å²) < 4.78 is 5.30. The van der Waals surface area contributed by atoms with Crippen LogP contribution in [0.3, 0.4) is 0 Å². The Morgan fingerprint density at radius 1 is 1.33 bits per heavy atom. The van der Waals surface area contributed by atoms with Gasteiger partial charge in [-0.25, -0.2) is 0 Å². The average molecular weight is 246 g/mol. The van der Waals surface area contributed by atoms with E-state index in [1.54, 1.807) is 7.11 Å². The fourth-order valence-corrected chi connectivity index (χ4v) is 3.14. The fraction of sp³-hybridized carbons (Fsp3) is 0.500. The van der Waals surface area contributed by atoms with Gasteiger partial charge in [0.1, 0.15) is 11.4 Å². The zero-order valence-corrected chi connectivity index (χ0v) is 11.2. The van der Waals surface area contributed by atoms with Crippen molar-refractivity contribution in [1.82, 2.24) is 5.32 Å². The van der Waals surface area contributed by atoms with E-state index in [1.807, 2.05) is 12.1 Å². The zero-order chi connectivity index (χ0) is 13.1. The summed E-state index contributed by atoms with van der Waals surface area (Å²) in [4.78, 5) is 13.9. The van der Waals surface area contributed by atoms with Crippen molar-refractivity contribution in [3.8, 4) is 5.75 Å².